The fourth-order valence-corrected chi connectivity index (χ4v) is 0.785. The highest BCUT2D eigenvalue weighted by atomic mass is 16.5. The van der Waals surface area contributed by atoms with Crippen molar-refractivity contribution in [2.24, 2.45) is 0 Å². The number of ether oxygens (including phenoxy) is 1. The molecule has 0 unspecified atom stereocenters. The molecule has 0 fully saturated rings. The summed E-state index contributed by atoms with van der Waals surface area (Å²) in [4.78, 5) is 11.0. The second-order valence-corrected chi connectivity index (χ2v) is 2.14. The Balaban J connectivity index is 4.04. The molecule has 62 valence electrons. The Labute approximate surface area is 67.6 Å². The van der Waals surface area contributed by atoms with E-state index >= 15 is 0 Å². The zero-order chi connectivity index (χ0) is 8.69. The summed E-state index contributed by atoms with van der Waals surface area (Å²) < 4.78 is 4.60. The van der Waals surface area contributed by atoms with Crippen LogP contribution in [0.1, 0.15) is 26.7 Å². The molecule has 0 radical (unpaired) electrons. The minimum Gasteiger partial charge on any atom is -0.432 e. The molecule has 2 heteroatoms. The van der Waals surface area contributed by atoms with Gasteiger partial charge in [0.1, 0.15) is 0 Å². The first-order chi connectivity index (χ1) is 5.26. The van der Waals surface area contributed by atoms with Crippen LogP contribution in [0.15, 0.2) is 24.5 Å². The van der Waals surface area contributed by atoms with Crippen molar-refractivity contribution in [1.29, 1.82) is 0 Å². The molecule has 0 saturated carbocycles. The largest absolute Gasteiger partial charge is 0.432 e. The number of hydrogen-bond acceptors (Lipinski definition) is 2. The fraction of sp³-hybridized carbons (Fsp3) is 0.444. The van der Waals surface area contributed by atoms with Gasteiger partial charge < -0.3 is 4.74 Å². The van der Waals surface area contributed by atoms with Crippen molar-refractivity contribution >= 4 is 5.97 Å². The molecule has 0 bridgehead atoms. The van der Waals surface area contributed by atoms with E-state index in [0.717, 1.165) is 19.1 Å². The Hall–Kier alpha value is -1.05. The highest BCUT2D eigenvalue weighted by Crippen LogP contribution is 2.06. The minimum absolute atomic E-state index is 0.288. The Morgan fingerprint density at radius 3 is 2.64 bits per heavy atom. The SMILES string of the molecule is C=COC(=O)C(=CC)CCC. The second-order valence-electron chi connectivity index (χ2n) is 2.14. The number of rotatable bonds is 4. The van der Waals surface area contributed by atoms with Crippen molar-refractivity contribution in [3.63, 3.8) is 0 Å². The van der Waals surface area contributed by atoms with Crippen LogP contribution in [-0.4, -0.2) is 5.97 Å². The Morgan fingerprint density at radius 2 is 2.27 bits per heavy atom. The van der Waals surface area contributed by atoms with E-state index in [1.54, 1.807) is 6.08 Å². The third-order valence-corrected chi connectivity index (χ3v) is 1.32. The van der Waals surface area contributed by atoms with Crippen molar-refractivity contribution < 1.29 is 9.53 Å². The summed E-state index contributed by atoms with van der Waals surface area (Å²) in [5.41, 5.74) is 0.715. The maximum absolute atomic E-state index is 11.0. The molecule has 0 heterocycles. The smallest absolute Gasteiger partial charge is 0.338 e. The molecule has 0 aromatic rings. The van der Waals surface area contributed by atoms with Gasteiger partial charge >= 0.3 is 5.97 Å². The van der Waals surface area contributed by atoms with Crippen LogP contribution in [0.5, 0.6) is 0 Å². The summed E-state index contributed by atoms with van der Waals surface area (Å²) in [5.74, 6) is -0.288. The van der Waals surface area contributed by atoms with E-state index in [-0.39, 0.29) is 5.97 Å². The van der Waals surface area contributed by atoms with Gasteiger partial charge in [0.2, 0.25) is 0 Å². The molecule has 0 aliphatic rings. The predicted molar refractivity (Wildman–Crippen MR) is 45.0 cm³/mol. The van der Waals surface area contributed by atoms with Crippen molar-refractivity contribution in [2.45, 2.75) is 26.7 Å². The van der Waals surface area contributed by atoms with Crippen LogP contribution in [0, 0.1) is 0 Å². The number of carbonyl (C=O) groups is 1. The molecule has 0 aliphatic carbocycles. The average molecular weight is 154 g/mol. The van der Waals surface area contributed by atoms with E-state index in [1.807, 2.05) is 13.8 Å². The molecule has 0 rings (SSSR count). The summed E-state index contributed by atoms with van der Waals surface area (Å²) in [6, 6.07) is 0. The maximum Gasteiger partial charge on any atom is 0.338 e. The highest BCUT2D eigenvalue weighted by Gasteiger charge is 2.06. The number of esters is 1. The molecule has 0 spiro atoms. The van der Waals surface area contributed by atoms with Crippen molar-refractivity contribution in [2.75, 3.05) is 0 Å². The molecular weight excluding hydrogens is 140 g/mol. The van der Waals surface area contributed by atoms with Gasteiger partial charge in [0.25, 0.3) is 0 Å². The lowest BCUT2D eigenvalue weighted by Crippen LogP contribution is -2.03. The lowest BCUT2D eigenvalue weighted by atomic mass is 10.1. The topological polar surface area (TPSA) is 26.3 Å². The van der Waals surface area contributed by atoms with Crippen molar-refractivity contribution in [3.8, 4) is 0 Å². The lowest BCUT2D eigenvalue weighted by molar-refractivity contribution is -0.133. The van der Waals surface area contributed by atoms with E-state index in [2.05, 4.69) is 11.3 Å². The average Bonchev–Trinajstić information content (AvgIpc) is 2.00. The van der Waals surface area contributed by atoms with Crippen LogP contribution in [0.2, 0.25) is 0 Å². The summed E-state index contributed by atoms with van der Waals surface area (Å²) in [6.45, 7) is 7.15. The van der Waals surface area contributed by atoms with E-state index in [4.69, 9.17) is 0 Å². The third kappa shape index (κ3) is 3.61. The summed E-state index contributed by atoms with van der Waals surface area (Å²) in [7, 11) is 0. The Kier molecular flexibility index (Phi) is 5.17. The molecule has 0 saturated heterocycles. The molecule has 0 amide bonds. The Morgan fingerprint density at radius 1 is 1.64 bits per heavy atom. The molecule has 0 aliphatic heterocycles. The first-order valence-corrected chi connectivity index (χ1v) is 3.73. The van der Waals surface area contributed by atoms with Gasteiger partial charge in [0.05, 0.1) is 6.26 Å². The van der Waals surface area contributed by atoms with Crippen LogP contribution in [-0.2, 0) is 9.53 Å². The molecule has 0 N–H and O–H groups in total. The summed E-state index contributed by atoms with van der Waals surface area (Å²) in [6.07, 6.45) is 4.64. The van der Waals surface area contributed by atoms with E-state index in [9.17, 15) is 4.79 Å². The van der Waals surface area contributed by atoms with Gasteiger partial charge in [-0.15, -0.1) is 0 Å². The van der Waals surface area contributed by atoms with Gasteiger partial charge in [-0.25, -0.2) is 4.79 Å². The summed E-state index contributed by atoms with van der Waals surface area (Å²) >= 11 is 0. The lowest BCUT2D eigenvalue weighted by Gasteiger charge is -2.01. The van der Waals surface area contributed by atoms with Crippen LogP contribution >= 0.6 is 0 Å². The number of hydrogen-bond donors (Lipinski definition) is 0. The molecule has 2 nitrogen and oxygen atoms in total. The van der Waals surface area contributed by atoms with Gasteiger partial charge in [-0.05, 0) is 13.3 Å². The monoisotopic (exact) mass is 154 g/mol. The minimum atomic E-state index is -0.288. The number of carbonyl (C=O) groups excluding carboxylic acids is 1. The molecule has 0 atom stereocenters. The Bertz CT molecular complexity index is 168. The summed E-state index contributed by atoms with van der Waals surface area (Å²) in [5, 5.41) is 0. The standard InChI is InChI=1S/C9H14O2/c1-4-7-8(5-2)9(10)11-6-3/h5-6H,3-4,7H2,1-2H3. The normalized spacial score (nSPS) is 10.9. The third-order valence-electron chi connectivity index (χ3n) is 1.32. The van der Waals surface area contributed by atoms with Crippen LogP contribution in [0.4, 0.5) is 0 Å². The zero-order valence-corrected chi connectivity index (χ0v) is 7.09. The van der Waals surface area contributed by atoms with Gasteiger partial charge in [-0.3, -0.25) is 0 Å². The second kappa shape index (κ2) is 5.71. The van der Waals surface area contributed by atoms with Gasteiger partial charge in [-0.2, -0.15) is 0 Å². The van der Waals surface area contributed by atoms with E-state index in [0.29, 0.717) is 5.57 Å². The molecule has 11 heavy (non-hydrogen) atoms. The van der Waals surface area contributed by atoms with Crippen LogP contribution < -0.4 is 0 Å². The highest BCUT2D eigenvalue weighted by molar-refractivity contribution is 5.88. The zero-order valence-electron chi connectivity index (χ0n) is 7.09. The molecule has 0 aromatic heterocycles. The first-order valence-electron chi connectivity index (χ1n) is 3.73. The maximum atomic E-state index is 11.0. The first kappa shape index (κ1) is 9.95. The van der Waals surface area contributed by atoms with Crippen LogP contribution in [0.3, 0.4) is 0 Å². The quantitative estimate of drug-likeness (QED) is 0.353. The van der Waals surface area contributed by atoms with E-state index < -0.39 is 0 Å². The molecular formula is C9H14O2. The van der Waals surface area contributed by atoms with Gasteiger partial charge in [-0.1, -0.05) is 26.0 Å². The number of allylic oxidation sites excluding steroid dienone is 1. The predicted octanol–water partition coefficient (Wildman–Crippen LogP) is 2.42. The van der Waals surface area contributed by atoms with Gasteiger partial charge in [0, 0.05) is 5.57 Å². The fourth-order valence-electron chi connectivity index (χ4n) is 0.785. The van der Waals surface area contributed by atoms with Crippen LogP contribution in [0.25, 0.3) is 0 Å². The van der Waals surface area contributed by atoms with E-state index in [1.165, 1.54) is 0 Å². The van der Waals surface area contributed by atoms with Crippen molar-refractivity contribution in [1.82, 2.24) is 0 Å². The van der Waals surface area contributed by atoms with Gasteiger partial charge in [0.15, 0.2) is 0 Å². The molecule has 0 aromatic carbocycles. The van der Waals surface area contributed by atoms with Crippen molar-refractivity contribution in [3.05, 3.63) is 24.5 Å².